The molecule has 0 aromatic rings. The Morgan fingerprint density at radius 1 is 0.929 bits per heavy atom. The van der Waals surface area contributed by atoms with Crippen molar-refractivity contribution in [1.29, 1.82) is 0 Å². The molecule has 0 aromatic carbocycles. The molecule has 0 aliphatic carbocycles. The molecule has 6 heteroatoms. The summed E-state index contributed by atoms with van der Waals surface area (Å²) >= 11 is 0. The maximum atomic E-state index is 10.6. The fourth-order valence-electron chi connectivity index (χ4n) is 1.41. The summed E-state index contributed by atoms with van der Waals surface area (Å²) in [6.07, 6.45) is 2.51. The molecule has 0 amide bonds. The molecule has 80 valence electrons. The fraction of sp³-hybridized carbons (Fsp3) is 0.750. The molecule has 0 unspecified atom stereocenters. The summed E-state index contributed by atoms with van der Waals surface area (Å²) in [5.41, 5.74) is 5.04. The van der Waals surface area contributed by atoms with Crippen molar-refractivity contribution in [2.75, 3.05) is 0 Å². The first kappa shape index (κ1) is 10.9. The molecule has 0 spiro atoms. The molecule has 0 saturated carbocycles. The maximum Gasteiger partial charge on any atom is 0.322 e. The molecule has 1 saturated heterocycles. The lowest BCUT2D eigenvalue weighted by Crippen LogP contribution is -2.53. The first-order valence-corrected chi connectivity index (χ1v) is 4.58. The zero-order valence-corrected chi connectivity index (χ0v) is 7.69. The molecule has 1 heterocycles. The van der Waals surface area contributed by atoms with Crippen LogP contribution in [0.4, 0.5) is 0 Å². The van der Waals surface area contributed by atoms with Crippen LogP contribution in [0.15, 0.2) is 0 Å². The van der Waals surface area contributed by atoms with Crippen molar-refractivity contribution in [3.05, 3.63) is 0 Å². The third-order valence-electron chi connectivity index (χ3n) is 2.26. The van der Waals surface area contributed by atoms with Gasteiger partial charge in [-0.3, -0.25) is 9.59 Å². The summed E-state index contributed by atoms with van der Waals surface area (Å²) < 4.78 is 0. The number of aliphatic carboxylic acids is 2. The largest absolute Gasteiger partial charge is 0.480 e. The second kappa shape index (κ2) is 4.92. The third-order valence-corrected chi connectivity index (χ3v) is 2.26. The molecule has 4 N–H and O–H groups in total. The van der Waals surface area contributed by atoms with Crippen LogP contribution in [0.1, 0.15) is 25.7 Å². The normalized spacial score (nSPS) is 28.9. The van der Waals surface area contributed by atoms with Crippen molar-refractivity contribution in [3.63, 3.8) is 0 Å². The smallest absolute Gasteiger partial charge is 0.322 e. The minimum Gasteiger partial charge on any atom is -0.480 e. The van der Waals surface area contributed by atoms with Gasteiger partial charge in [0.1, 0.15) is 12.1 Å². The van der Waals surface area contributed by atoms with E-state index in [1.54, 1.807) is 0 Å². The van der Waals surface area contributed by atoms with Crippen LogP contribution in [0.25, 0.3) is 0 Å². The molecule has 14 heavy (non-hydrogen) atoms. The Morgan fingerprint density at radius 3 is 1.57 bits per heavy atom. The van der Waals surface area contributed by atoms with E-state index < -0.39 is 24.0 Å². The number of hydrazine groups is 1. The Balaban J connectivity index is 2.50. The van der Waals surface area contributed by atoms with E-state index in [4.69, 9.17) is 10.2 Å². The first-order chi connectivity index (χ1) is 6.61. The lowest BCUT2D eigenvalue weighted by atomic mass is 10.0. The van der Waals surface area contributed by atoms with Crippen LogP contribution >= 0.6 is 0 Å². The molecule has 1 aliphatic heterocycles. The van der Waals surface area contributed by atoms with Crippen molar-refractivity contribution >= 4 is 11.9 Å². The van der Waals surface area contributed by atoms with Gasteiger partial charge in [0.2, 0.25) is 0 Å². The summed E-state index contributed by atoms with van der Waals surface area (Å²) in [5, 5.41) is 17.5. The Bertz CT molecular complexity index is 207. The van der Waals surface area contributed by atoms with Crippen molar-refractivity contribution in [2.45, 2.75) is 37.8 Å². The van der Waals surface area contributed by atoms with Gasteiger partial charge in [-0.1, -0.05) is 12.8 Å². The van der Waals surface area contributed by atoms with E-state index in [-0.39, 0.29) is 0 Å². The van der Waals surface area contributed by atoms with E-state index in [0.29, 0.717) is 12.8 Å². The summed E-state index contributed by atoms with van der Waals surface area (Å²) in [6, 6.07) is -1.39. The first-order valence-electron chi connectivity index (χ1n) is 4.58. The quantitative estimate of drug-likeness (QED) is 0.484. The molecule has 6 nitrogen and oxygen atoms in total. The summed E-state index contributed by atoms with van der Waals surface area (Å²) in [4.78, 5) is 21.3. The van der Waals surface area contributed by atoms with Gasteiger partial charge in [0.15, 0.2) is 0 Å². The van der Waals surface area contributed by atoms with Crippen LogP contribution in [-0.2, 0) is 9.59 Å². The van der Waals surface area contributed by atoms with Gasteiger partial charge in [0, 0.05) is 0 Å². The lowest BCUT2D eigenvalue weighted by molar-refractivity contribution is -0.143. The molecule has 0 radical (unpaired) electrons. The van der Waals surface area contributed by atoms with Crippen LogP contribution in [0, 0.1) is 0 Å². The molecule has 1 fully saturated rings. The van der Waals surface area contributed by atoms with Crippen LogP contribution in [0.2, 0.25) is 0 Å². The highest BCUT2D eigenvalue weighted by atomic mass is 16.4. The van der Waals surface area contributed by atoms with Crippen molar-refractivity contribution in [3.8, 4) is 0 Å². The van der Waals surface area contributed by atoms with Crippen molar-refractivity contribution < 1.29 is 19.8 Å². The predicted octanol–water partition coefficient (Wildman–Crippen LogP) is -0.439. The van der Waals surface area contributed by atoms with Gasteiger partial charge in [-0.05, 0) is 12.8 Å². The second-order valence-corrected chi connectivity index (χ2v) is 3.35. The Kier molecular flexibility index (Phi) is 3.84. The average molecular weight is 202 g/mol. The average Bonchev–Trinajstić information content (AvgIpc) is 2.01. The topological polar surface area (TPSA) is 98.7 Å². The van der Waals surface area contributed by atoms with Gasteiger partial charge in [-0.2, -0.15) is 0 Å². The number of hydrogen-bond donors (Lipinski definition) is 4. The van der Waals surface area contributed by atoms with E-state index in [9.17, 15) is 9.59 Å². The zero-order valence-electron chi connectivity index (χ0n) is 7.69. The molecular formula is C8H14N2O4. The summed E-state index contributed by atoms with van der Waals surface area (Å²) in [6.45, 7) is 0. The van der Waals surface area contributed by atoms with Crippen LogP contribution < -0.4 is 10.9 Å². The number of rotatable bonds is 2. The zero-order chi connectivity index (χ0) is 10.6. The molecule has 0 aromatic heterocycles. The minimum absolute atomic E-state index is 0.522. The Labute approximate surface area is 81.3 Å². The number of carboxylic acid groups (broad SMARTS) is 2. The summed E-state index contributed by atoms with van der Waals surface area (Å²) in [5.74, 6) is -1.91. The van der Waals surface area contributed by atoms with Gasteiger partial charge in [-0.15, -0.1) is 0 Å². The Morgan fingerprint density at radius 2 is 1.29 bits per heavy atom. The molecule has 0 bridgehead atoms. The van der Waals surface area contributed by atoms with Crippen LogP contribution in [0.3, 0.4) is 0 Å². The highest BCUT2D eigenvalue weighted by molar-refractivity contribution is 5.74. The summed E-state index contributed by atoms with van der Waals surface area (Å²) in [7, 11) is 0. The van der Waals surface area contributed by atoms with E-state index in [0.717, 1.165) is 12.8 Å². The van der Waals surface area contributed by atoms with Crippen LogP contribution in [0.5, 0.6) is 0 Å². The molecule has 1 aliphatic rings. The van der Waals surface area contributed by atoms with Gasteiger partial charge in [-0.25, -0.2) is 10.9 Å². The van der Waals surface area contributed by atoms with Crippen molar-refractivity contribution in [1.82, 2.24) is 10.9 Å². The van der Waals surface area contributed by atoms with E-state index in [1.807, 2.05) is 0 Å². The lowest BCUT2D eigenvalue weighted by Gasteiger charge is -2.22. The number of nitrogens with one attached hydrogen (secondary N) is 2. The fourth-order valence-corrected chi connectivity index (χ4v) is 1.41. The standard InChI is InChI=1S/C8H14N2O4/c11-7(12)5-3-1-2-4-6(8(13)14)10-9-5/h5-6,9-10H,1-4H2,(H,11,12)(H,13,14)/t5-,6+. The van der Waals surface area contributed by atoms with Gasteiger partial charge >= 0.3 is 11.9 Å². The van der Waals surface area contributed by atoms with E-state index in [2.05, 4.69) is 10.9 Å². The number of carbonyl (C=O) groups is 2. The van der Waals surface area contributed by atoms with Gasteiger partial charge in [0.25, 0.3) is 0 Å². The Hall–Kier alpha value is -1.14. The van der Waals surface area contributed by atoms with Crippen molar-refractivity contribution in [2.24, 2.45) is 0 Å². The van der Waals surface area contributed by atoms with E-state index in [1.165, 1.54) is 0 Å². The second-order valence-electron chi connectivity index (χ2n) is 3.35. The highest BCUT2D eigenvalue weighted by Gasteiger charge is 2.24. The molecule has 2 atom stereocenters. The predicted molar refractivity (Wildman–Crippen MR) is 47.6 cm³/mol. The van der Waals surface area contributed by atoms with Gasteiger partial charge < -0.3 is 10.2 Å². The molecular weight excluding hydrogens is 188 g/mol. The highest BCUT2D eigenvalue weighted by Crippen LogP contribution is 2.09. The maximum absolute atomic E-state index is 10.6. The van der Waals surface area contributed by atoms with Gasteiger partial charge in [0.05, 0.1) is 0 Å². The monoisotopic (exact) mass is 202 g/mol. The molecule has 1 rings (SSSR count). The third kappa shape index (κ3) is 2.97. The number of carboxylic acids is 2. The SMILES string of the molecule is O=C(O)[C@@H]1CCCC[C@H](C(=O)O)NN1. The minimum atomic E-state index is -0.955. The van der Waals surface area contributed by atoms with Crippen LogP contribution in [-0.4, -0.2) is 34.2 Å². The van der Waals surface area contributed by atoms with E-state index >= 15 is 0 Å². The number of hydrogen-bond acceptors (Lipinski definition) is 4.